The first-order valence-electron chi connectivity index (χ1n) is 13.9. The Morgan fingerprint density at radius 3 is 2.46 bits per heavy atom. The topological polar surface area (TPSA) is 63.1 Å². The number of anilines is 2. The zero-order valence-electron chi connectivity index (χ0n) is 22.6. The van der Waals surface area contributed by atoms with E-state index in [2.05, 4.69) is 41.1 Å². The van der Waals surface area contributed by atoms with E-state index in [0.29, 0.717) is 62.0 Å². The van der Waals surface area contributed by atoms with Crippen LogP contribution >= 0.6 is 0 Å². The van der Waals surface area contributed by atoms with Crippen molar-refractivity contribution >= 4 is 17.5 Å². The summed E-state index contributed by atoms with van der Waals surface area (Å²) in [5, 5.41) is 0. The summed E-state index contributed by atoms with van der Waals surface area (Å²) in [4.78, 5) is 23.6. The van der Waals surface area contributed by atoms with Crippen molar-refractivity contribution in [1.29, 1.82) is 0 Å². The van der Waals surface area contributed by atoms with Crippen LogP contribution in [0, 0.1) is 23.6 Å². The molecular formula is C30H36FN5O3. The molecule has 2 atom stereocenters. The number of rotatable bonds is 8. The molecule has 2 aromatic carbocycles. The third-order valence-corrected chi connectivity index (χ3v) is 8.45. The minimum absolute atomic E-state index is 0.215. The van der Waals surface area contributed by atoms with Crippen molar-refractivity contribution in [3.05, 3.63) is 71.8 Å². The molecule has 206 valence electrons. The molecule has 1 aromatic heterocycles. The average molecular weight is 534 g/mol. The molecule has 9 heteroatoms. The van der Waals surface area contributed by atoms with Gasteiger partial charge in [0.15, 0.2) is 0 Å². The van der Waals surface area contributed by atoms with Crippen LogP contribution < -0.4 is 14.5 Å². The smallest absolute Gasteiger partial charge is 0.378 e. The first kappa shape index (κ1) is 25.8. The third kappa shape index (κ3) is 5.51. The van der Waals surface area contributed by atoms with Gasteiger partial charge in [0, 0.05) is 58.7 Å². The summed E-state index contributed by atoms with van der Waals surface area (Å²) in [5.74, 6) is 1.07. The molecule has 3 aromatic rings. The van der Waals surface area contributed by atoms with Crippen LogP contribution in [0.4, 0.5) is 20.6 Å². The summed E-state index contributed by atoms with van der Waals surface area (Å²) >= 11 is 0. The van der Waals surface area contributed by atoms with Crippen LogP contribution in [0.25, 0.3) is 0 Å². The lowest BCUT2D eigenvalue weighted by atomic mass is 10.1. The molecule has 6 rings (SSSR count). The minimum Gasteiger partial charge on any atom is -0.378 e. The number of hydrogen-bond acceptors (Lipinski definition) is 6. The number of likely N-dealkylation sites (tertiary alicyclic amines) is 1. The Morgan fingerprint density at radius 1 is 1.10 bits per heavy atom. The Bertz CT molecular complexity index is 1290. The number of morpholine rings is 1. The molecule has 39 heavy (non-hydrogen) atoms. The molecule has 3 heterocycles. The molecule has 0 N–H and O–H groups in total. The van der Waals surface area contributed by atoms with Crippen LogP contribution in [0.5, 0.6) is 6.01 Å². The Labute approximate surface area is 228 Å². The highest BCUT2D eigenvalue weighted by molar-refractivity contribution is 5.89. The summed E-state index contributed by atoms with van der Waals surface area (Å²) < 4.78 is 28.0. The van der Waals surface area contributed by atoms with Gasteiger partial charge < -0.3 is 18.9 Å². The van der Waals surface area contributed by atoms with Crippen LogP contribution in [0.3, 0.4) is 0 Å². The highest BCUT2D eigenvalue weighted by atomic mass is 19.1. The van der Waals surface area contributed by atoms with Gasteiger partial charge in [-0.25, -0.2) is 14.2 Å². The number of fused-ring (bicyclic) bond motifs is 1. The first-order valence-corrected chi connectivity index (χ1v) is 13.9. The second kappa shape index (κ2) is 11.0. The number of halogens is 1. The molecule has 8 nitrogen and oxygen atoms in total. The molecule has 2 saturated heterocycles. The SMILES string of the molecule is CCc1ccc(CN2CC3C(C2)C3CN(C(=O)Oc2nccn2C)c2ccc(N3CCOCC3)c(F)c2)cc1. The number of piperidine rings is 1. The van der Waals surface area contributed by atoms with Gasteiger partial charge in [-0.05, 0) is 53.5 Å². The second-order valence-electron chi connectivity index (χ2n) is 10.9. The quantitative estimate of drug-likeness (QED) is 0.429. The number of amides is 1. The fourth-order valence-corrected chi connectivity index (χ4v) is 6.08. The number of carbonyl (C=O) groups is 1. The van der Waals surface area contributed by atoms with Gasteiger partial charge in [0.25, 0.3) is 0 Å². The number of nitrogens with zero attached hydrogens (tertiary/aromatic N) is 5. The minimum atomic E-state index is -0.541. The van der Waals surface area contributed by atoms with E-state index in [1.54, 1.807) is 35.0 Å². The number of benzene rings is 2. The Kier molecular flexibility index (Phi) is 7.27. The molecule has 2 unspecified atom stereocenters. The van der Waals surface area contributed by atoms with Crippen molar-refractivity contribution in [2.45, 2.75) is 19.9 Å². The van der Waals surface area contributed by atoms with Crippen molar-refractivity contribution in [3.8, 4) is 6.01 Å². The molecule has 1 amide bonds. The number of carbonyl (C=O) groups excluding carboxylic acids is 1. The van der Waals surface area contributed by atoms with E-state index in [9.17, 15) is 4.79 Å². The van der Waals surface area contributed by atoms with Gasteiger partial charge in [-0.3, -0.25) is 9.80 Å². The number of ether oxygens (including phenoxy) is 2. The van der Waals surface area contributed by atoms with Gasteiger partial charge in [0.2, 0.25) is 0 Å². The molecule has 2 aliphatic heterocycles. The summed E-state index contributed by atoms with van der Waals surface area (Å²) in [6.07, 6.45) is 3.81. The van der Waals surface area contributed by atoms with Gasteiger partial charge in [-0.2, -0.15) is 0 Å². The van der Waals surface area contributed by atoms with Crippen molar-refractivity contribution in [2.75, 3.05) is 55.7 Å². The zero-order chi connectivity index (χ0) is 26.9. The van der Waals surface area contributed by atoms with Crippen LogP contribution in [0.15, 0.2) is 54.9 Å². The lowest BCUT2D eigenvalue weighted by molar-refractivity contribution is 0.122. The summed E-state index contributed by atoms with van der Waals surface area (Å²) in [6.45, 7) is 8.08. The Morgan fingerprint density at radius 2 is 1.82 bits per heavy atom. The average Bonchev–Trinajstić information content (AvgIpc) is 3.22. The number of hydrogen-bond donors (Lipinski definition) is 0. The first-order chi connectivity index (χ1) is 19.0. The van der Waals surface area contributed by atoms with Crippen LogP contribution in [-0.2, 0) is 24.8 Å². The molecule has 3 aliphatic rings. The number of aromatic nitrogens is 2. The molecule has 0 bridgehead atoms. The van der Waals surface area contributed by atoms with Crippen molar-refractivity contribution in [3.63, 3.8) is 0 Å². The molecule has 0 spiro atoms. The van der Waals surface area contributed by atoms with Gasteiger partial charge in [-0.1, -0.05) is 31.2 Å². The molecule has 3 fully saturated rings. The van der Waals surface area contributed by atoms with Gasteiger partial charge >= 0.3 is 12.1 Å². The number of aryl methyl sites for hydroxylation is 2. The van der Waals surface area contributed by atoms with Crippen LogP contribution in [-0.4, -0.2) is 66.5 Å². The summed E-state index contributed by atoms with van der Waals surface area (Å²) in [6, 6.07) is 14.1. The predicted octanol–water partition coefficient (Wildman–Crippen LogP) is 4.34. The van der Waals surface area contributed by atoms with E-state index in [4.69, 9.17) is 9.47 Å². The lowest BCUT2D eigenvalue weighted by Gasteiger charge is -2.30. The maximum atomic E-state index is 15.3. The fourth-order valence-electron chi connectivity index (χ4n) is 6.08. The lowest BCUT2D eigenvalue weighted by Crippen LogP contribution is -2.38. The van der Waals surface area contributed by atoms with E-state index < -0.39 is 6.09 Å². The highest BCUT2D eigenvalue weighted by Gasteiger charge is 2.56. The Balaban J connectivity index is 1.14. The second-order valence-corrected chi connectivity index (χ2v) is 10.9. The third-order valence-electron chi connectivity index (χ3n) is 8.45. The van der Waals surface area contributed by atoms with Crippen LogP contribution in [0.1, 0.15) is 18.1 Å². The zero-order valence-corrected chi connectivity index (χ0v) is 22.6. The van der Waals surface area contributed by atoms with Gasteiger partial charge in [0.05, 0.1) is 24.6 Å². The summed E-state index contributed by atoms with van der Waals surface area (Å²) in [5.41, 5.74) is 3.73. The predicted molar refractivity (Wildman–Crippen MR) is 148 cm³/mol. The molecular weight excluding hydrogens is 497 g/mol. The maximum Gasteiger partial charge on any atom is 0.422 e. The standard InChI is InChI=1S/C30H36FN5O3/c1-3-21-4-6-22(7-5-21)17-34-18-24-25(19-34)26(24)20-36(30(37)39-29-32-10-11-33(29)2)23-8-9-28(27(31)16-23)35-12-14-38-15-13-35/h4-11,16,24-26H,3,12-15,17-20H2,1-2H3. The molecule has 1 aliphatic carbocycles. The molecule has 1 saturated carbocycles. The van der Waals surface area contributed by atoms with Crippen molar-refractivity contribution < 1.29 is 18.7 Å². The highest BCUT2D eigenvalue weighted by Crippen LogP contribution is 2.52. The van der Waals surface area contributed by atoms with Crippen molar-refractivity contribution in [2.24, 2.45) is 24.8 Å². The molecule has 0 radical (unpaired) electrons. The van der Waals surface area contributed by atoms with E-state index in [0.717, 1.165) is 26.1 Å². The summed E-state index contributed by atoms with van der Waals surface area (Å²) in [7, 11) is 1.77. The number of imidazole rings is 1. The maximum absolute atomic E-state index is 15.3. The van der Waals surface area contributed by atoms with Crippen LogP contribution in [0.2, 0.25) is 0 Å². The van der Waals surface area contributed by atoms with Gasteiger partial charge in [-0.15, -0.1) is 0 Å². The van der Waals surface area contributed by atoms with E-state index >= 15 is 4.39 Å². The largest absolute Gasteiger partial charge is 0.422 e. The Hall–Kier alpha value is -3.43. The van der Waals surface area contributed by atoms with E-state index in [1.807, 2.05) is 11.0 Å². The normalized spacial score (nSPS) is 22.5. The fraction of sp³-hybridized carbons (Fsp3) is 0.467. The monoisotopic (exact) mass is 533 g/mol. The van der Waals surface area contributed by atoms with E-state index in [-0.39, 0.29) is 11.8 Å². The van der Waals surface area contributed by atoms with Gasteiger partial charge in [0.1, 0.15) is 5.82 Å². The van der Waals surface area contributed by atoms with E-state index in [1.165, 1.54) is 17.2 Å². The van der Waals surface area contributed by atoms with Crippen molar-refractivity contribution in [1.82, 2.24) is 14.5 Å².